The van der Waals surface area contributed by atoms with Gasteiger partial charge in [0.1, 0.15) is 5.75 Å². The molecule has 2 atom stereocenters. The fraction of sp³-hybridized carbons (Fsp3) is 0.588. The summed E-state index contributed by atoms with van der Waals surface area (Å²) >= 11 is 0. The standard InChI is InChI=1S/C17H26N2O3/c1-4-14(13-7-5-6-8-15(13)22-3)18-16(21)19-17(2,11-20)12-9-10-12/h5-8,12,14,20H,4,9-11H2,1-3H3,(H2,18,19,21)/t14-,17+/m0/s1. The molecule has 2 amide bonds. The van der Waals surface area contributed by atoms with Gasteiger partial charge in [0, 0.05) is 5.56 Å². The summed E-state index contributed by atoms with van der Waals surface area (Å²) in [6.07, 6.45) is 2.87. The summed E-state index contributed by atoms with van der Waals surface area (Å²) in [5, 5.41) is 15.5. The van der Waals surface area contributed by atoms with Gasteiger partial charge in [-0.25, -0.2) is 4.79 Å². The van der Waals surface area contributed by atoms with Crippen molar-refractivity contribution < 1.29 is 14.6 Å². The third kappa shape index (κ3) is 3.71. The van der Waals surface area contributed by atoms with Gasteiger partial charge in [0.25, 0.3) is 0 Å². The van der Waals surface area contributed by atoms with Crippen molar-refractivity contribution in [2.75, 3.05) is 13.7 Å². The Labute approximate surface area is 132 Å². The SMILES string of the molecule is CC[C@H](NC(=O)N[C@](C)(CO)C1CC1)c1ccccc1OC. The van der Waals surface area contributed by atoms with E-state index >= 15 is 0 Å². The van der Waals surface area contributed by atoms with Gasteiger partial charge in [-0.2, -0.15) is 0 Å². The lowest BCUT2D eigenvalue weighted by Gasteiger charge is -2.30. The highest BCUT2D eigenvalue weighted by Crippen LogP contribution is 2.39. The Morgan fingerprint density at radius 1 is 1.45 bits per heavy atom. The molecular weight excluding hydrogens is 280 g/mol. The van der Waals surface area contributed by atoms with Crippen LogP contribution in [-0.4, -0.2) is 30.4 Å². The minimum Gasteiger partial charge on any atom is -0.496 e. The molecular formula is C17H26N2O3. The molecule has 5 heteroatoms. The second kappa shape index (κ2) is 7.01. The summed E-state index contributed by atoms with van der Waals surface area (Å²) in [5.41, 5.74) is 0.420. The van der Waals surface area contributed by atoms with Gasteiger partial charge in [-0.1, -0.05) is 25.1 Å². The largest absolute Gasteiger partial charge is 0.496 e. The number of aliphatic hydroxyl groups is 1. The maximum absolute atomic E-state index is 12.3. The van der Waals surface area contributed by atoms with E-state index in [-0.39, 0.29) is 18.7 Å². The van der Waals surface area contributed by atoms with Crippen LogP contribution in [0.3, 0.4) is 0 Å². The zero-order valence-corrected chi connectivity index (χ0v) is 13.6. The number of urea groups is 1. The van der Waals surface area contributed by atoms with Gasteiger partial charge in [0.2, 0.25) is 0 Å². The van der Waals surface area contributed by atoms with Gasteiger partial charge in [0.05, 0.1) is 25.3 Å². The Morgan fingerprint density at radius 3 is 2.68 bits per heavy atom. The van der Waals surface area contributed by atoms with Crippen LogP contribution in [0.2, 0.25) is 0 Å². The maximum Gasteiger partial charge on any atom is 0.315 e. The number of para-hydroxylation sites is 1. The summed E-state index contributed by atoms with van der Waals surface area (Å²) in [5.74, 6) is 1.14. The average molecular weight is 306 g/mol. The van der Waals surface area contributed by atoms with Crippen LogP contribution in [0.4, 0.5) is 4.79 Å². The molecule has 1 saturated carbocycles. The molecule has 0 unspecified atom stereocenters. The van der Waals surface area contributed by atoms with E-state index in [9.17, 15) is 9.90 Å². The number of carbonyl (C=O) groups is 1. The highest BCUT2D eigenvalue weighted by atomic mass is 16.5. The number of amides is 2. The highest BCUT2D eigenvalue weighted by Gasteiger charge is 2.42. The predicted octanol–water partition coefficient (Wildman–Crippen LogP) is 2.61. The first-order valence-corrected chi connectivity index (χ1v) is 7.86. The van der Waals surface area contributed by atoms with E-state index in [1.807, 2.05) is 38.1 Å². The molecule has 0 saturated heterocycles. The van der Waals surface area contributed by atoms with Crippen LogP contribution in [0.15, 0.2) is 24.3 Å². The van der Waals surface area contributed by atoms with Crippen LogP contribution in [-0.2, 0) is 0 Å². The number of hydrogen-bond donors (Lipinski definition) is 3. The van der Waals surface area contributed by atoms with Crippen molar-refractivity contribution in [2.24, 2.45) is 5.92 Å². The summed E-state index contributed by atoms with van der Waals surface area (Å²) in [6.45, 7) is 3.87. The van der Waals surface area contributed by atoms with Crippen LogP contribution in [0.25, 0.3) is 0 Å². The first kappa shape index (κ1) is 16.6. The molecule has 1 aliphatic rings. The summed E-state index contributed by atoms with van der Waals surface area (Å²) in [7, 11) is 1.63. The van der Waals surface area contributed by atoms with E-state index in [2.05, 4.69) is 10.6 Å². The van der Waals surface area contributed by atoms with Crippen molar-refractivity contribution in [3.05, 3.63) is 29.8 Å². The van der Waals surface area contributed by atoms with Crippen LogP contribution in [0.5, 0.6) is 5.75 Å². The van der Waals surface area contributed by atoms with Gasteiger partial charge in [-0.05, 0) is 38.2 Å². The molecule has 1 aromatic carbocycles. The molecule has 1 aromatic rings. The highest BCUT2D eigenvalue weighted by molar-refractivity contribution is 5.75. The monoisotopic (exact) mass is 306 g/mol. The normalized spacial score (nSPS) is 18.2. The van der Waals surface area contributed by atoms with Gasteiger partial charge < -0.3 is 20.5 Å². The number of ether oxygens (including phenoxy) is 1. The number of nitrogens with one attached hydrogen (secondary N) is 2. The van der Waals surface area contributed by atoms with Gasteiger partial charge in [0.15, 0.2) is 0 Å². The lowest BCUT2D eigenvalue weighted by molar-refractivity contribution is 0.154. The Balaban J connectivity index is 2.05. The minimum absolute atomic E-state index is 0.0451. The molecule has 0 aliphatic heterocycles. The summed E-state index contributed by atoms with van der Waals surface area (Å²) < 4.78 is 5.37. The molecule has 0 radical (unpaired) electrons. The molecule has 1 aliphatic carbocycles. The number of carbonyl (C=O) groups excluding carboxylic acids is 1. The minimum atomic E-state index is -0.539. The quantitative estimate of drug-likeness (QED) is 0.725. The van der Waals surface area contributed by atoms with Gasteiger partial charge in [-0.15, -0.1) is 0 Å². The lowest BCUT2D eigenvalue weighted by Crippen LogP contribution is -2.54. The number of hydrogen-bond acceptors (Lipinski definition) is 3. The zero-order valence-electron chi connectivity index (χ0n) is 13.6. The molecule has 0 heterocycles. The van der Waals surface area contributed by atoms with Crippen LogP contribution < -0.4 is 15.4 Å². The first-order valence-electron chi connectivity index (χ1n) is 7.86. The second-order valence-corrected chi connectivity index (χ2v) is 6.15. The van der Waals surface area contributed by atoms with E-state index in [0.29, 0.717) is 5.92 Å². The third-order valence-electron chi connectivity index (χ3n) is 4.43. The van der Waals surface area contributed by atoms with Gasteiger partial charge in [-0.3, -0.25) is 0 Å². The topological polar surface area (TPSA) is 70.6 Å². The van der Waals surface area contributed by atoms with Crippen LogP contribution in [0.1, 0.15) is 44.7 Å². The molecule has 1 fully saturated rings. The Hall–Kier alpha value is -1.75. The molecule has 122 valence electrons. The van der Waals surface area contributed by atoms with E-state index in [1.165, 1.54) is 0 Å². The Bertz CT molecular complexity index is 516. The average Bonchev–Trinajstić information content (AvgIpc) is 3.37. The fourth-order valence-corrected chi connectivity index (χ4v) is 2.80. The van der Waals surface area contributed by atoms with E-state index in [0.717, 1.165) is 30.6 Å². The summed E-state index contributed by atoms with van der Waals surface area (Å²) in [4.78, 5) is 12.3. The smallest absolute Gasteiger partial charge is 0.315 e. The van der Waals surface area contributed by atoms with Crippen molar-refractivity contribution in [2.45, 2.75) is 44.7 Å². The molecule has 5 nitrogen and oxygen atoms in total. The lowest BCUT2D eigenvalue weighted by atomic mass is 9.97. The van der Waals surface area contributed by atoms with Crippen LogP contribution >= 0.6 is 0 Å². The molecule has 0 aromatic heterocycles. The molecule has 22 heavy (non-hydrogen) atoms. The van der Waals surface area contributed by atoms with Crippen molar-refractivity contribution in [1.29, 1.82) is 0 Å². The van der Waals surface area contributed by atoms with Crippen molar-refractivity contribution in [3.8, 4) is 5.75 Å². The first-order chi connectivity index (χ1) is 10.5. The van der Waals surface area contributed by atoms with Gasteiger partial charge >= 0.3 is 6.03 Å². The predicted molar refractivity (Wildman–Crippen MR) is 85.9 cm³/mol. The van der Waals surface area contributed by atoms with Crippen molar-refractivity contribution in [3.63, 3.8) is 0 Å². The zero-order chi connectivity index (χ0) is 16.2. The van der Waals surface area contributed by atoms with Crippen molar-refractivity contribution in [1.82, 2.24) is 10.6 Å². The molecule has 3 N–H and O–H groups in total. The van der Waals surface area contributed by atoms with E-state index in [4.69, 9.17) is 4.74 Å². The van der Waals surface area contributed by atoms with Crippen LogP contribution in [0, 0.1) is 5.92 Å². The Kier molecular flexibility index (Phi) is 5.29. The number of aliphatic hydroxyl groups excluding tert-OH is 1. The Morgan fingerprint density at radius 2 is 2.14 bits per heavy atom. The second-order valence-electron chi connectivity index (χ2n) is 6.15. The van der Waals surface area contributed by atoms with Crippen molar-refractivity contribution >= 4 is 6.03 Å². The molecule has 0 bridgehead atoms. The molecule has 2 rings (SSSR count). The summed E-state index contributed by atoms with van der Waals surface area (Å²) in [6, 6.07) is 7.31. The van der Waals surface area contributed by atoms with E-state index < -0.39 is 5.54 Å². The maximum atomic E-state index is 12.3. The van der Waals surface area contributed by atoms with E-state index in [1.54, 1.807) is 7.11 Å². The number of rotatable bonds is 7. The number of methoxy groups -OCH3 is 1. The number of benzene rings is 1. The molecule has 0 spiro atoms. The fourth-order valence-electron chi connectivity index (χ4n) is 2.80. The third-order valence-corrected chi connectivity index (χ3v) is 4.43.